The van der Waals surface area contributed by atoms with Crippen LogP contribution in [0.1, 0.15) is 29.8 Å². The van der Waals surface area contributed by atoms with E-state index in [0.717, 1.165) is 12.0 Å². The van der Waals surface area contributed by atoms with Crippen LogP contribution in [0.4, 0.5) is 5.95 Å². The Balaban J connectivity index is 2.06. The molecule has 0 radical (unpaired) electrons. The number of benzene rings is 1. The standard InChI is InChI=1S/C13H14N4O2/c14-13-15-10-7-6-9(8-4-2-1-3-5-8)11(12(18)19)17(10)16-13/h1-5,9,11H,6-7H2,(H2,14,16)(H,18,19). The van der Waals surface area contributed by atoms with Crippen LogP contribution in [0.15, 0.2) is 30.3 Å². The number of nitrogens with zero attached hydrogens (tertiary/aromatic N) is 3. The van der Waals surface area contributed by atoms with Gasteiger partial charge in [0.1, 0.15) is 5.82 Å². The van der Waals surface area contributed by atoms with Crippen molar-refractivity contribution in [1.29, 1.82) is 0 Å². The summed E-state index contributed by atoms with van der Waals surface area (Å²) in [5.74, 6) is -0.223. The summed E-state index contributed by atoms with van der Waals surface area (Å²) >= 11 is 0. The van der Waals surface area contributed by atoms with E-state index in [4.69, 9.17) is 5.73 Å². The first-order chi connectivity index (χ1) is 9.16. The van der Waals surface area contributed by atoms with Gasteiger partial charge in [-0.3, -0.25) is 0 Å². The fraction of sp³-hybridized carbons (Fsp3) is 0.308. The second-order valence-electron chi connectivity index (χ2n) is 4.67. The van der Waals surface area contributed by atoms with Crippen LogP contribution in [0, 0.1) is 0 Å². The van der Waals surface area contributed by atoms with E-state index in [-0.39, 0.29) is 11.9 Å². The Kier molecular flexibility index (Phi) is 2.70. The molecule has 0 fully saturated rings. The molecular weight excluding hydrogens is 244 g/mol. The third-order valence-corrected chi connectivity index (χ3v) is 3.52. The molecule has 98 valence electrons. The van der Waals surface area contributed by atoms with Gasteiger partial charge in [-0.15, -0.1) is 5.10 Å². The fourth-order valence-electron chi connectivity index (χ4n) is 2.71. The molecule has 0 aliphatic carbocycles. The minimum atomic E-state index is -0.903. The summed E-state index contributed by atoms with van der Waals surface area (Å²) in [6, 6.07) is 8.91. The Morgan fingerprint density at radius 2 is 2.11 bits per heavy atom. The summed E-state index contributed by atoms with van der Waals surface area (Å²) in [5.41, 5.74) is 6.58. The molecule has 1 aliphatic heterocycles. The lowest BCUT2D eigenvalue weighted by molar-refractivity contribution is -0.142. The van der Waals surface area contributed by atoms with Crippen LogP contribution in [0.5, 0.6) is 0 Å². The Morgan fingerprint density at radius 1 is 1.37 bits per heavy atom. The maximum Gasteiger partial charge on any atom is 0.329 e. The number of carbonyl (C=O) groups is 1. The first-order valence-electron chi connectivity index (χ1n) is 6.15. The number of hydrogen-bond donors (Lipinski definition) is 2. The summed E-state index contributed by atoms with van der Waals surface area (Å²) in [6.45, 7) is 0. The summed E-state index contributed by atoms with van der Waals surface area (Å²) < 4.78 is 1.46. The molecule has 1 aliphatic rings. The lowest BCUT2D eigenvalue weighted by Gasteiger charge is -2.29. The molecular formula is C13H14N4O2. The van der Waals surface area contributed by atoms with Gasteiger partial charge in [-0.1, -0.05) is 30.3 Å². The number of rotatable bonds is 2. The third-order valence-electron chi connectivity index (χ3n) is 3.52. The van der Waals surface area contributed by atoms with Crippen molar-refractivity contribution in [3.8, 4) is 0 Å². The molecule has 0 saturated carbocycles. The second-order valence-corrected chi connectivity index (χ2v) is 4.67. The summed E-state index contributed by atoms with van der Waals surface area (Å²) in [7, 11) is 0. The molecule has 6 nitrogen and oxygen atoms in total. The molecule has 0 amide bonds. The molecule has 19 heavy (non-hydrogen) atoms. The normalized spacial score (nSPS) is 21.9. The van der Waals surface area contributed by atoms with Crippen molar-refractivity contribution in [2.45, 2.75) is 24.8 Å². The molecule has 6 heteroatoms. The molecule has 0 bridgehead atoms. The number of carboxylic acid groups (broad SMARTS) is 1. The maximum absolute atomic E-state index is 11.6. The number of nitrogens with two attached hydrogens (primary N) is 1. The zero-order valence-electron chi connectivity index (χ0n) is 10.2. The number of fused-ring (bicyclic) bond motifs is 1. The number of anilines is 1. The van der Waals surface area contributed by atoms with Crippen LogP contribution in [0.2, 0.25) is 0 Å². The average molecular weight is 258 g/mol. The van der Waals surface area contributed by atoms with Crippen molar-refractivity contribution in [2.75, 3.05) is 5.73 Å². The quantitative estimate of drug-likeness (QED) is 0.844. The molecule has 3 N–H and O–H groups in total. The van der Waals surface area contributed by atoms with Crippen LogP contribution in [0.25, 0.3) is 0 Å². The SMILES string of the molecule is Nc1nc2n(n1)C(C(=O)O)C(c1ccccc1)CC2. The van der Waals surface area contributed by atoms with E-state index in [1.165, 1.54) is 4.68 Å². The Hall–Kier alpha value is -2.37. The van der Waals surface area contributed by atoms with Crippen molar-refractivity contribution < 1.29 is 9.90 Å². The molecule has 1 aromatic carbocycles. The molecule has 2 aromatic rings. The second kappa shape index (κ2) is 4.38. The Morgan fingerprint density at radius 3 is 2.79 bits per heavy atom. The highest BCUT2D eigenvalue weighted by Gasteiger charge is 2.37. The van der Waals surface area contributed by atoms with Crippen LogP contribution in [-0.2, 0) is 11.2 Å². The van der Waals surface area contributed by atoms with Crippen LogP contribution >= 0.6 is 0 Å². The molecule has 3 rings (SSSR count). The van der Waals surface area contributed by atoms with Gasteiger partial charge in [0.25, 0.3) is 0 Å². The highest BCUT2D eigenvalue weighted by molar-refractivity contribution is 5.73. The first kappa shape index (κ1) is 11.7. The zero-order chi connectivity index (χ0) is 13.4. The first-order valence-corrected chi connectivity index (χ1v) is 6.15. The van der Waals surface area contributed by atoms with Gasteiger partial charge in [-0.25, -0.2) is 9.48 Å². The summed E-state index contributed by atoms with van der Waals surface area (Å²) in [4.78, 5) is 15.7. The minimum Gasteiger partial charge on any atom is -0.480 e. The van der Waals surface area contributed by atoms with Crippen LogP contribution < -0.4 is 5.73 Å². The predicted molar refractivity (Wildman–Crippen MR) is 68.6 cm³/mol. The van der Waals surface area contributed by atoms with Crippen molar-refractivity contribution in [2.24, 2.45) is 0 Å². The van der Waals surface area contributed by atoms with Crippen molar-refractivity contribution in [1.82, 2.24) is 14.8 Å². The van der Waals surface area contributed by atoms with Gasteiger partial charge >= 0.3 is 5.97 Å². The van der Waals surface area contributed by atoms with Crippen LogP contribution in [-0.4, -0.2) is 25.8 Å². The van der Waals surface area contributed by atoms with Gasteiger partial charge in [0, 0.05) is 12.3 Å². The van der Waals surface area contributed by atoms with Gasteiger partial charge in [-0.2, -0.15) is 4.98 Å². The average Bonchev–Trinajstić information content (AvgIpc) is 2.78. The highest BCUT2D eigenvalue weighted by Crippen LogP contribution is 2.37. The Bertz CT molecular complexity index is 608. The van der Waals surface area contributed by atoms with Gasteiger partial charge in [0.2, 0.25) is 5.95 Å². The number of nitrogen functional groups attached to an aromatic ring is 1. The van der Waals surface area contributed by atoms with E-state index >= 15 is 0 Å². The molecule has 2 heterocycles. The summed E-state index contributed by atoms with van der Waals surface area (Å²) in [5, 5.41) is 13.5. The van der Waals surface area contributed by atoms with Gasteiger partial charge in [-0.05, 0) is 12.0 Å². The largest absolute Gasteiger partial charge is 0.480 e. The van der Waals surface area contributed by atoms with Gasteiger partial charge in [0.15, 0.2) is 6.04 Å². The molecule has 2 atom stereocenters. The summed E-state index contributed by atoms with van der Waals surface area (Å²) in [6.07, 6.45) is 1.42. The minimum absolute atomic E-state index is 0.104. The van der Waals surface area contributed by atoms with E-state index in [0.29, 0.717) is 12.2 Å². The van der Waals surface area contributed by atoms with E-state index in [1.807, 2.05) is 30.3 Å². The van der Waals surface area contributed by atoms with E-state index in [2.05, 4.69) is 10.1 Å². The fourth-order valence-corrected chi connectivity index (χ4v) is 2.71. The van der Waals surface area contributed by atoms with Gasteiger partial charge in [0.05, 0.1) is 0 Å². The lowest BCUT2D eigenvalue weighted by atomic mass is 9.85. The number of aryl methyl sites for hydroxylation is 1. The smallest absolute Gasteiger partial charge is 0.329 e. The van der Waals surface area contributed by atoms with Crippen molar-refractivity contribution in [3.05, 3.63) is 41.7 Å². The molecule has 0 spiro atoms. The third kappa shape index (κ3) is 1.95. The lowest BCUT2D eigenvalue weighted by Crippen LogP contribution is -2.32. The Labute approximate surface area is 109 Å². The zero-order valence-corrected chi connectivity index (χ0v) is 10.2. The number of carboxylic acids is 1. The molecule has 2 unspecified atom stereocenters. The van der Waals surface area contributed by atoms with E-state index in [9.17, 15) is 9.90 Å². The van der Waals surface area contributed by atoms with Crippen molar-refractivity contribution >= 4 is 11.9 Å². The molecule has 1 aromatic heterocycles. The maximum atomic E-state index is 11.6. The van der Waals surface area contributed by atoms with Crippen LogP contribution in [0.3, 0.4) is 0 Å². The van der Waals surface area contributed by atoms with E-state index < -0.39 is 12.0 Å². The highest BCUT2D eigenvalue weighted by atomic mass is 16.4. The topological polar surface area (TPSA) is 94.0 Å². The number of aliphatic carboxylic acids is 1. The van der Waals surface area contributed by atoms with E-state index in [1.54, 1.807) is 0 Å². The number of hydrogen-bond acceptors (Lipinski definition) is 4. The van der Waals surface area contributed by atoms with Crippen molar-refractivity contribution in [3.63, 3.8) is 0 Å². The van der Waals surface area contributed by atoms with Gasteiger partial charge < -0.3 is 10.8 Å². The number of aromatic nitrogens is 3. The predicted octanol–water partition coefficient (Wildman–Crippen LogP) is 1.22. The monoisotopic (exact) mass is 258 g/mol. The molecule has 0 saturated heterocycles.